The van der Waals surface area contributed by atoms with E-state index in [0.29, 0.717) is 16.9 Å². The predicted octanol–water partition coefficient (Wildman–Crippen LogP) is 3.69. The molecule has 2 rings (SSSR count). The van der Waals surface area contributed by atoms with Crippen LogP contribution in [0.15, 0.2) is 42.5 Å². The van der Waals surface area contributed by atoms with Gasteiger partial charge in [-0.3, -0.25) is 9.59 Å². The lowest BCUT2D eigenvalue weighted by Crippen LogP contribution is -2.41. The third-order valence-corrected chi connectivity index (χ3v) is 4.53. The van der Waals surface area contributed by atoms with E-state index in [1.807, 2.05) is 26.0 Å². The lowest BCUT2D eigenvalue weighted by molar-refractivity contribution is -0.135. The average Bonchev–Trinajstić information content (AvgIpc) is 2.64. The molecule has 0 unspecified atom stereocenters. The van der Waals surface area contributed by atoms with Crippen LogP contribution < -0.4 is 10.6 Å². The van der Waals surface area contributed by atoms with Crippen LogP contribution >= 0.6 is 0 Å². The van der Waals surface area contributed by atoms with Crippen molar-refractivity contribution < 1.29 is 19.1 Å². The van der Waals surface area contributed by atoms with E-state index in [0.717, 1.165) is 11.1 Å². The summed E-state index contributed by atoms with van der Waals surface area (Å²) in [5.41, 5.74) is 2.08. The van der Waals surface area contributed by atoms with Gasteiger partial charge in [0.15, 0.2) is 0 Å². The maximum Gasteiger partial charge on any atom is 0.337 e. The first-order valence-corrected chi connectivity index (χ1v) is 8.54. The van der Waals surface area contributed by atoms with Gasteiger partial charge in [-0.05, 0) is 63.1 Å². The fourth-order valence-electron chi connectivity index (χ4n) is 2.40. The van der Waals surface area contributed by atoms with Crippen LogP contribution in [0.4, 0.5) is 11.4 Å². The topological polar surface area (TPSA) is 84.5 Å². The second-order valence-electron chi connectivity index (χ2n) is 6.85. The number of rotatable bonds is 5. The minimum Gasteiger partial charge on any atom is -0.465 e. The van der Waals surface area contributed by atoms with Crippen LogP contribution in [0.25, 0.3) is 0 Å². The number of amides is 2. The molecule has 0 radical (unpaired) electrons. The summed E-state index contributed by atoms with van der Waals surface area (Å²) >= 11 is 0. The molecule has 0 bridgehead atoms. The van der Waals surface area contributed by atoms with Crippen molar-refractivity contribution in [2.75, 3.05) is 17.7 Å². The highest BCUT2D eigenvalue weighted by molar-refractivity contribution is 6.14. The summed E-state index contributed by atoms with van der Waals surface area (Å²) in [5.74, 6) is -1.40. The Balaban J connectivity index is 2.15. The molecule has 2 aromatic rings. The first-order chi connectivity index (χ1) is 12.7. The number of aryl methyl sites for hydroxylation is 1. The van der Waals surface area contributed by atoms with Gasteiger partial charge in [0.2, 0.25) is 11.8 Å². The Morgan fingerprint density at radius 3 is 2.22 bits per heavy atom. The Morgan fingerprint density at radius 1 is 0.926 bits per heavy atom. The highest BCUT2D eigenvalue weighted by atomic mass is 16.5. The van der Waals surface area contributed by atoms with Gasteiger partial charge in [0, 0.05) is 11.4 Å². The molecule has 27 heavy (non-hydrogen) atoms. The smallest absolute Gasteiger partial charge is 0.337 e. The van der Waals surface area contributed by atoms with Crippen molar-refractivity contribution in [3.05, 3.63) is 59.2 Å². The molecule has 0 aliphatic rings. The zero-order chi connectivity index (χ0) is 20.2. The van der Waals surface area contributed by atoms with Crippen LogP contribution in [-0.2, 0) is 14.3 Å². The molecule has 6 heteroatoms. The number of hydrogen-bond donors (Lipinski definition) is 2. The van der Waals surface area contributed by atoms with E-state index < -0.39 is 23.2 Å². The average molecular weight is 368 g/mol. The van der Waals surface area contributed by atoms with E-state index in [-0.39, 0.29) is 0 Å². The molecule has 142 valence electrons. The summed E-state index contributed by atoms with van der Waals surface area (Å²) in [6.07, 6.45) is 0. The molecule has 0 saturated carbocycles. The third kappa shape index (κ3) is 4.53. The van der Waals surface area contributed by atoms with Gasteiger partial charge in [-0.1, -0.05) is 18.2 Å². The van der Waals surface area contributed by atoms with Crippen LogP contribution in [0.2, 0.25) is 0 Å². The van der Waals surface area contributed by atoms with Gasteiger partial charge in [0.05, 0.1) is 12.7 Å². The van der Waals surface area contributed by atoms with Crippen LogP contribution in [0.1, 0.15) is 35.3 Å². The minimum absolute atomic E-state index is 0.313. The molecule has 2 N–H and O–H groups in total. The second-order valence-corrected chi connectivity index (χ2v) is 6.85. The molecule has 2 amide bonds. The Kier molecular flexibility index (Phi) is 6.00. The predicted molar refractivity (Wildman–Crippen MR) is 105 cm³/mol. The van der Waals surface area contributed by atoms with E-state index >= 15 is 0 Å². The number of hydrogen-bond acceptors (Lipinski definition) is 4. The number of nitrogens with one attached hydrogen (secondary N) is 2. The number of methoxy groups -OCH3 is 1. The SMILES string of the molecule is COC(=O)c1cccc(NC(=O)C(C)(C)C(=O)Nc2cccc(C)c2C)c1. The van der Waals surface area contributed by atoms with Crippen molar-refractivity contribution in [1.82, 2.24) is 0 Å². The standard InChI is InChI=1S/C21H24N2O4/c1-13-8-6-11-17(14(13)2)23-20(26)21(3,4)19(25)22-16-10-7-9-15(12-16)18(24)27-5/h6-12H,1-5H3,(H,22,25)(H,23,26). The normalized spacial score (nSPS) is 10.9. The zero-order valence-electron chi connectivity index (χ0n) is 16.2. The number of benzene rings is 2. The van der Waals surface area contributed by atoms with Crippen molar-refractivity contribution in [2.24, 2.45) is 5.41 Å². The molecule has 6 nitrogen and oxygen atoms in total. The van der Waals surface area contributed by atoms with Crippen molar-refractivity contribution >= 4 is 29.2 Å². The molecule has 0 saturated heterocycles. The number of anilines is 2. The summed E-state index contributed by atoms with van der Waals surface area (Å²) in [4.78, 5) is 37.0. The summed E-state index contributed by atoms with van der Waals surface area (Å²) in [6.45, 7) is 6.97. The Hall–Kier alpha value is -3.15. The van der Waals surface area contributed by atoms with Crippen molar-refractivity contribution in [1.29, 1.82) is 0 Å². The lowest BCUT2D eigenvalue weighted by atomic mass is 9.90. The van der Waals surface area contributed by atoms with Gasteiger partial charge in [0.25, 0.3) is 0 Å². The van der Waals surface area contributed by atoms with Gasteiger partial charge in [0.1, 0.15) is 5.41 Å². The number of carbonyl (C=O) groups is 3. The monoisotopic (exact) mass is 368 g/mol. The summed E-state index contributed by atoms with van der Waals surface area (Å²) < 4.78 is 4.67. The van der Waals surface area contributed by atoms with E-state index in [1.54, 1.807) is 38.1 Å². The third-order valence-electron chi connectivity index (χ3n) is 4.53. The largest absolute Gasteiger partial charge is 0.465 e. The molecule has 0 fully saturated rings. The fraction of sp³-hybridized carbons (Fsp3) is 0.286. The Bertz CT molecular complexity index is 888. The lowest BCUT2D eigenvalue weighted by Gasteiger charge is -2.23. The molecule has 2 aromatic carbocycles. The van der Waals surface area contributed by atoms with Crippen LogP contribution in [0.5, 0.6) is 0 Å². The summed E-state index contributed by atoms with van der Waals surface area (Å²) in [7, 11) is 1.29. The highest BCUT2D eigenvalue weighted by Gasteiger charge is 2.36. The molecular formula is C21H24N2O4. The molecule has 0 spiro atoms. The quantitative estimate of drug-likeness (QED) is 0.623. The first-order valence-electron chi connectivity index (χ1n) is 8.54. The van der Waals surface area contributed by atoms with Gasteiger partial charge < -0.3 is 15.4 Å². The van der Waals surface area contributed by atoms with Gasteiger partial charge in [-0.25, -0.2) is 4.79 Å². The molecule has 0 aromatic heterocycles. The maximum atomic E-state index is 12.7. The minimum atomic E-state index is -1.32. The van der Waals surface area contributed by atoms with Crippen molar-refractivity contribution in [3.8, 4) is 0 Å². The summed E-state index contributed by atoms with van der Waals surface area (Å²) in [5, 5.41) is 5.51. The van der Waals surface area contributed by atoms with Gasteiger partial charge >= 0.3 is 5.97 Å². The molecule has 0 aliphatic carbocycles. The van der Waals surface area contributed by atoms with Gasteiger partial charge in [-0.2, -0.15) is 0 Å². The van der Waals surface area contributed by atoms with E-state index in [4.69, 9.17) is 0 Å². The number of ether oxygens (including phenoxy) is 1. The van der Waals surface area contributed by atoms with E-state index in [2.05, 4.69) is 15.4 Å². The first kappa shape index (κ1) is 20.2. The van der Waals surface area contributed by atoms with Crippen LogP contribution in [0, 0.1) is 19.3 Å². The molecule has 0 heterocycles. The highest BCUT2D eigenvalue weighted by Crippen LogP contribution is 2.24. The molecule has 0 atom stereocenters. The molecular weight excluding hydrogens is 344 g/mol. The summed E-state index contributed by atoms with van der Waals surface area (Å²) in [6, 6.07) is 12.0. The Morgan fingerprint density at radius 2 is 1.56 bits per heavy atom. The van der Waals surface area contributed by atoms with E-state index in [9.17, 15) is 14.4 Å². The van der Waals surface area contributed by atoms with Crippen molar-refractivity contribution in [3.63, 3.8) is 0 Å². The molecule has 0 aliphatic heterocycles. The van der Waals surface area contributed by atoms with Crippen LogP contribution in [-0.4, -0.2) is 24.9 Å². The maximum absolute atomic E-state index is 12.7. The van der Waals surface area contributed by atoms with Crippen LogP contribution in [0.3, 0.4) is 0 Å². The second kappa shape index (κ2) is 8.03. The van der Waals surface area contributed by atoms with Gasteiger partial charge in [-0.15, -0.1) is 0 Å². The zero-order valence-corrected chi connectivity index (χ0v) is 16.2. The number of carbonyl (C=O) groups excluding carboxylic acids is 3. The van der Waals surface area contributed by atoms with Crippen molar-refractivity contribution in [2.45, 2.75) is 27.7 Å². The Labute approximate surface area is 158 Å². The fourth-order valence-corrected chi connectivity index (χ4v) is 2.40. The number of esters is 1. The van der Waals surface area contributed by atoms with E-state index in [1.165, 1.54) is 13.2 Å².